The van der Waals surface area contributed by atoms with Crippen LogP contribution in [0.15, 0.2) is 48.5 Å². The van der Waals surface area contributed by atoms with Crippen molar-refractivity contribution < 1.29 is 14.3 Å². The monoisotopic (exact) mass is 340 g/mol. The van der Waals surface area contributed by atoms with Crippen LogP contribution in [0, 0.1) is 0 Å². The summed E-state index contributed by atoms with van der Waals surface area (Å²) in [5.41, 5.74) is 3.62. The average Bonchev–Trinajstić information content (AvgIpc) is 2.63. The van der Waals surface area contributed by atoms with Gasteiger partial charge < -0.3 is 14.8 Å². The Bertz CT molecular complexity index is 712. The van der Waals surface area contributed by atoms with E-state index in [1.807, 2.05) is 42.5 Å². The van der Waals surface area contributed by atoms with E-state index in [9.17, 15) is 4.79 Å². The molecule has 0 aliphatic carbocycles. The highest BCUT2D eigenvalue weighted by molar-refractivity contribution is 6.04. The summed E-state index contributed by atoms with van der Waals surface area (Å²) in [5.74, 6) is -0.0987. The third-order valence-electron chi connectivity index (χ3n) is 4.19. The highest BCUT2D eigenvalue weighted by atomic mass is 16.5. The van der Waals surface area contributed by atoms with Crippen LogP contribution in [0.5, 0.6) is 0 Å². The number of carbonyl (C=O) groups excluding carboxylic acids is 1. The SMILES string of the molecule is COCc1cccc(NC(=O)c2cccc(CN3CCOCC3)c2)c1. The van der Waals surface area contributed by atoms with Gasteiger partial charge in [0.05, 0.1) is 19.8 Å². The lowest BCUT2D eigenvalue weighted by Crippen LogP contribution is -2.35. The number of amides is 1. The van der Waals surface area contributed by atoms with Gasteiger partial charge in [0.2, 0.25) is 0 Å². The maximum atomic E-state index is 12.6. The second-order valence-electron chi connectivity index (χ2n) is 6.18. The third-order valence-corrected chi connectivity index (χ3v) is 4.19. The van der Waals surface area contributed by atoms with E-state index in [0.717, 1.165) is 49.7 Å². The molecule has 0 bridgehead atoms. The first kappa shape index (κ1) is 17.6. The molecule has 0 spiro atoms. The lowest BCUT2D eigenvalue weighted by Gasteiger charge is -2.26. The number of hydrogen-bond acceptors (Lipinski definition) is 4. The Hall–Kier alpha value is -2.21. The zero-order chi connectivity index (χ0) is 17.5. The van der Waals surface area contributed by atoms with Gasteiger partial charge in [-0.2, -0.15) is 0 Å². The molecule has 1 fully saturated rings. The van der Waals surface area contributed by atoms with Crippen LogP contribution in [0.1, 0.15) is 21.5 Å². The first-order valence-electron chi connectivity index (χ1n) is 8.53. The van der Waals surface area contributed by atoms with Gasteiger partial charge in [0.15, 0.2) is 0 Å². The number of nitrogens with one attached hydrogen (secondary N) is 1. The van der Waals surface area contributed by atoms with Crippen LogP contribution >= 0.6 is 0 Å². The van der Waals surface area contributed by atoms with E-state index < -0.39 is 0 Å². The summed E-state index contributed by atoms with van der Waals surface area (Å²) < 4.78 is 10.5. The summed E-state index contributed by atoms with van der Waals surface area (Å²) in [6.07, 6.45) is 0. The number of anilines is 1. The van der Waals surface area contributed by atoms with Gasteiger partial charge in [-0.1, -0.05) is 24.3 Å². The smallest absolute Gasteiger partial charge is 0.255 e. The van der Waals surface area contributed by atoms with Crippen LogP contribution in [-0.2, 0) is 22.6 Å². The molecule has 0 saturated carbocycles. The van der Waals surface area contributed by atoms with Crippen molar-refractivity contribution >= 4 is 11.6 Å². The molecular formula is C20H24N2O3. The molecule has 1 N–H and O–H groups in total. The van der Waals surface area contributed by atoms with Crippen molar-refractivity contribution in [1.29, 1.82) is 0 Å². The molecule has 1 aliphatic rings. The molecule has 5 heteroatoms. The van der Waals surface area contributed by atoms with Crippen LogP contribution in [-0.4, -0.2) is 44.2 Å². The number of morpholine rings is 1. The summed E-state index contributed by atoms with van der Waals surface area (Å²) in [4.78, 5) is 14.9. The topological polar surface area (TPSA) is 50.8 Å². The van der Waals surface area contributed by atoms with Crippen LogP contribution in [0.25, 0.3) is 0 Å². The van der Waals surface area contributed by atoms with Gasteiger partial charge in [-0.3, -0.25) is 9.69 Å². The van der Waals surface area contributed by atoms with Gasteiger partial charge >= 0.3 is 0 Å². The molecule has 1 saturated heterocycles. The summed E-state index contributed by atoms with van der Waals surface area (Å²) in [6.45, 7) is 4.79. The Labute approximate surface area is 148 Å². The van der Waals surface area contributed by atoms with Crippen LogP contribution < -0.4 is 5.32 Å². The minimum Gasteiger partial charge on any atom is -0.380 e. The highest BCUT2D eigenvalue weighted by Crippen LogP contribution is 2.15. The van der Waals surface area contributed by atoms with E-state index in [1.165, 1.54) is 0 Å². The van der Waals surface area contributed by atoms with E-state index in [0.29, 0.717) is 12.2 Å². The maximum Gasteiger partial charge on any atom is 0.255 e. The maximum absolute atomic E-state index is 12.6. The predicted molar refractivity (Wildman–Crippen MR) is 97.6 cm³/mol. The van der Waals surface area contributed by atoms with Gasteiger partial charge in [0.1, 0.15) is 0 Å². The first-order valence-corrected chi connectivity index (χ1v) is 8.53. The molecule has 1 aliphatic heterocycles. The van der Waals surface area contributed by atoms with Crippen molar-refractivity contribution in [3.8, 4) is 0 Å². The van der Waals surface area contributed by atoms with E-state index >= 15 is 0 Å². The van der Waals surface area contributed by atoms with Crippen molar-refractivity contribution in [2.45, 2.75) is 13.2 Å². The largest absolute Gasteiger partial charge is 0.380 e. The van der Waals surface area contributed by atoms with Crippen LogP contribution in [0.4, 0.5) is 5.69 Å². The Morgan fingerprint density at radius 2 is 1.88 bits per heavy atom. The predicted octanol–water partition coefficient (Wildman–Crippen LogP) is 2.92. The number of ether oxygens (including phenoxy) is 2. The molecule has 5 nitrogen and oxygen atoms in total. The second-order valence-corrected chi connectivity index (χ2v) is 6.18. The molecule has 132 valence electrons. The van der Waals surface area contributed by atoms with Gasteiger partial charge in [0.25, 0.3) is 5.91 Å². The standard InChI is InChI=1S/C20H24N2O3/c1-24-15-17-5-3-7-19(13-17)21-20(23)18-6-2-4-16(12-18)14-22-8-10-25-11-9-22/h2-7,12-13H,8-11,14-15H2,1H3,(H,21,23). The van der Waals surface area contributed by atoms with Crippen molar-refractivity contribution in [3.05, 3.63) is 65.2 Å². The second kappa shape index (κ2) is 8.76. The average molecular weight is 340 g/mol. The molecule has 25 heavy (non-hydrogen) atoms. The minimum atomic E-state index is -0.0987. The van der Waals surface area contributed by atoms with E-state index in [1.54, 1.807) is 7.11 Å². The first-order chi connectivity index (χ1) is 12.2. The molecule has 3 rings (SSSR count). The molecule has 0 radical (unpaired) electrons. The number of rotatable bonds is 6. The molecule has 1 amide bonds. The summed E-state index contributed by atoms with van der Waals surface area (Å²) in [7, 11) is 1.66. The molecule has 0 aromatic heterocycles. The number of benzene rings is 2. The number of nitrogens with zero attached hydrogens (tertiary/aromatic N) is 1. The molecule has 2 aromatic rings. The Kier molecular flexibility index (Phi) is 6.17. The fraction of sp³-hybridized carbons (Fsp3) is 0.350. The molecule has 0 atom stereocenters. The fourth-order valence-electron chi connectivity index (χ4n) is 2.94. The molecule has 0 unspecified atom stereocenters. The quantitative estimate of drug-likeness (QED) is 0.878. The highest BCUT2D eigenvalue weighted by Gasteiger charge is 2.12. The van der Waals surface area contributed by atoms with Gasteiger partial charge in [0, 0.05) is 38.0 Å². The number of methoxy groups -OCH3 is 1. The Morgan fingerprint density at radius 1 is 1.12 bits per heavy atom. The summed E-state index contributed by atoms with van der Waals surface area (Å²) in [6, 6.07) is 15.5. The molecular weight excluding hydrogens is 316 g/mol. The van der Waals surface area contributed by atoms with Crippen molar-refractivity contribution in [2.24, 2.45) is 0 Å². The number of carbonyl (C=O) groups is 1. The zero-order valence-electron chi connectivity index (χ0n) is 14.5. The van der Waals surface area contributed by atoms with Crippen molar-refractivity contribution in [3.63, 3.8) is 0 Å². The van der Waals surface area contributed by atoms with Crippen molar-refractivity contribution in [1.82, 2.24) is 4.90 Å². The Morgan fingerprint density at radius 3 is 2.68 bits per heavy atom. The van der Waals surface area contributed by atoms with Crippen molar-refractivity contribution in [2.75, 3.05) is 38.7 Å². The molecule has 2 aromatic carbocycles. The third kappa shape index (κ3) is 5.13. The number of hydrogen-bond donors (Lipinski definition) is 1. The summed E-state index contributed by atoms with van der Waals surface area (Å²) >= 11 is 0. The summed E-state index contributed by atoms with van der Waals surface area (Å²) in [5, 5.41) is 2.96. The zero-order valence-corrected chi connectivity index (χ0v) is 14.5. The normalized spacial score (nSPS) is 15.1. The van der Waals surface area contributed by atoms with Gasteiger partial charge in [-0.05, 0) is 35.4 Å². The lowest BCUT2D eigenvalue weighted by molar-refractivity contribution is 0.0342. The van der Waals surface area contributed by atoms with E-state index in [2.05, 4.69) is 16.3 Å². The van der Waals surface area contributed by atoms with E-state index in [-0.39, 0.29) is 5.91 Å². The fourth-order valence-corrected chi connectivity index (χ4v) is 2.94. The van der Waals surface area contributed by atoms with Crippen LogP contribution in [0.3, 0.4) is 0 Å². The minimum absolute atomic E-state index is 0.0987. The van der Waals surface area contributed by atoms with E-state index in [4.69, 9.17) is 9.47 Å². The van der Waals surface area contributed by atoms with Crippen LogP contribution in [0.2, 0.25) is 0 Å². The Balaban J connectivity index is 1.65. The lowest BCUT2D eigenvalue weighted by atomic mass is 10.1. The molecule has 1 heterocycles. The van der Waals surface area contributed by atoms with Gasteiger partial charge in [-0.15, -0.1) is 0 Å². The van der Waals surface area contributed by atoms with Gasteiger partial charge in [-0.25, -0.2) is 0 Å².